The molecule has 0 saturated carbocycles. The third kappa shape index (κ3) is 9.69. The van der Waals surface area contributed by atoms with E-state index in [9.17, 15) is 27.1 Å². The molecule has 10 heteroatoms. The fraction of sp³-hybridized carbons (Fsp3) is 0.406. The smallest absolute Gasteiger partial charge is 0.251 e. The van der Waals surface area contributed by atoms with Crippen LogP contribution in [-0.2, 0) is 29.4 Å². The Morgan fingerprint density at radius 1 is 0.952 bits per heavy atom. The van der Waals surface area contributed by atoms with Crippen LogP contribution in [0.4, 0.5) is 8.78 Å². The number of rotatable bonds is 15. The molecule has 1 amide bonds. The standard InChI is InChI=1S/C32H41F2N3O4S/c1-5-23-7-6-8-24(15-23)20-35-21-31(38)30(18-25-16-27(33)19-28(34)17-25)36-32(39)26-9-11-29(12-10-26)42(40,41)37(4)14-13-22(2)3/h6-12,15-17,19,22,30-31,35,38H,5,13-14,18,20-21H2,1-4H3,(H,36,39). The average Bonchev–Trinajstić information content (AvgIpc) is 2.95. The van der Waals surface area contributed by atoms with Gasteiger partial charge in [0.05, 0.1) is 17.0 Å². The van der Waals surface area contributed by atoms with Gasteiger partial charge in [-0.1, -0.05) is 45.0 Å². The molecule has 0 spiro atoms. The van der Waals surface area contributed by atoms with Gasteiger partial charge < -0.3 is 15.7 Å². The van der Waals surface area contributed by atoms with Crippen LogP contribution in [0.2, 0.25) is 0 Å². The molecule has 0 aromatic heterocycles. The van der Waals surface area contributed by atoms with E-state index in [0.29, 0.717) is 19.0 Å². The van der Waals surface area contributed by atoms with Crippen molar-refractivity contribution in [3.8, 4) is 0 Å². The summed E-state index contributed by atoms with van der Waals surface area (Å²) in [5.41, 5.74) is 2.69. The Labute approximate surface area is 248 Å². The summed E-state index contributed by atoms with van der Waals surface area (Å²) in [4.78, 5) is 13.2. The maximum atomic E-state index is 13.9. The minimum Gasteiger partial charge on any atom is -0.390 e. The van der Waals surface area contributed by atoms with Gasteiger partial charge in [0.1, 0.15) is 11.6 Å². The molecule has 2 atom stereocenters. The van der Waals surface area contributed by atoms with Crippen molar-refractivity contribution in [2.45, 2.75) is 63.6 Å². The zero-order valence-corrected chi connectivity index (χ0v) is 25.4. The molecule has 7 nitrogen and oxygen atoms in total. The lowest BCUT2D eigenvalue weighted by molar-refractivity contribution is 0.0829. The van der Waals surface area contributed by atoms with Gasteiger partial charge in [-0.15, -0.1) is 0 Å². The van der Waals surface area contributed by atoms with Crippen LogP contribution < -0.4 is 10.6 Å². The summed E-state index contributed by atoms with van der Waals surface area (Å²) in [5.74, 6) is -1.71. The molecule has 0 aliphatic rings. The molecule has 3 rings (SSSR count). The molecule has 0 heterocycles. The number of aliphatic hydroxyl groups excluding tert-OH is 1. The largest absolute Gasteiger partial charge is 0.390 e. The molecule has 3 aromatic rings. The van der Waals surface area contributed by atoms with E-state index < -0.39 is 39.7 Å². The maximum absolute atomic E-state index is 13.9. The van der Waals surface area contributed by atoms with Gasteiger partial charge in [-0.05, 0) is 78.3 Å². The zero-order chi connectivity index (χ0) is 30.9. The Morgan fingerprint density at radius 3 is 2.21 bits per heavy atom. The minimum atomic E-state index is -3.72. The normalized spacial score (nSPS) is 13.4. The summed E-state index contributed by atoms with van der Waals surface area (Å²) in [6.07, 6.45) is 0.497. The van der Waals surface area contributed by atoms with Gasteiger partial charge in [-0.25, -0.2) is 21.5 Å². The summed E-state index contributed by atoms with van der Waals surface area (Å²) in [5, 5.41) is 17.0. The number of amides is 1. The van der Waals surface area contributed by atoms with Gasteiger partial charge in [-0.2, -0.15) is 0 Å². The van der Waals surface area contributed by atoms with E-state index >= 15 is 0 Å². The van der Waals surface area contributed by atoms with Gasteiger partial charge >= 0.3 is 0 Å². The van der Waals surface area contributed by atoms with Crippen molar-refractivity contribution in [2.75, 3.05) is 20.1 Å². The number of hydrogen-bond donors (Lipinski definition) is 3. The van der Waals surface area contributed by atoms with Crippen LogP contribution in [-0.4, -0.2) is 56.0 Å². The number of halogens is 2. The van der Waals surface area contributed by atoms with Gasteiger partial charge in [0.2, 0.25) is 10.0 Å². The number of carbonyl (C=O) groups is 1. The average molecular weight is 602 g/mol. The zero-order valence-electron chi connectivity index (χ0n) is 24.6. The first-order valence-corrected chi connectivity index (χ1v) is 15.6. The van der Waals surface area contributed by atoms with E-state index in [4.69, 9.17) is 0 Å². The quantitative estimate of drug-likeness (QED) is 0.235. The Morgan fingerprint density at radius 2 is 1.60 bits per heavy atom. The highest BCUT2D eigenvalue weighted by Gasteiger charge is 2.25. The number of aryl methyl sites for hydroxylation is 1. The van der Waals surface area contributed by atoms with Crippen molar-refractivity contribution in [1.82, 2.24) is 14.9 Å². The second-order valence-electron chi connectivity index (χ2n) is 11.0. The number of hydrogen-bond acceptors (Lipinski definition) is 5. The fourth-order valence-electron chi connectivity index (χ4n) is 4.50. The van der Waals surface area contributed by atoms with Gasteiger partial charge in [0.15, 0.2) is 0 Å². The lowest BCUT2D eigenvalue weighted by Crippen LogP contribution is -2.48. The van der Waals surface area contributed by atoms with Crippen LogP contribution in [0.5, 0.6) is 0 Å². The lowest BCUT2D eigenvalue weighted by atomic mass is 10.00. The Bertz CT molecular complexity index is 1410. The maximum Gasteiger partial charge on any atom is 0.251 e. The van der Waals surface area contributed by atoms with E-state index in [1.807, 2.05) is 32.0 Å². The van der Waals surface area contributed by atoms with Gasteiger partial charge in [0, 0.05) is 38.3 Å². The summed E-state index contributed by atoms with van der Waals surface area (Å²) in [6.45, 7) is 7.08. The van der Waals surface area contributed by atoms with Crippen LogP contribution in [0.15, 0.2) is 71.6 Å². The number of carbonyl (C=O) groups excluding carboxylic acids is 1. The molecule has 3 N–H and O–H groups in total. The molecule has 0 saturated heterocycles. The van der Waals surface area contributed by atoms with E-state index in [2.05, 4.69) is 23.6 Å². The van der Waals surface area contributed by atoms with E-state index in [1.165, 1.54) is 41.2 Å². The number of benzene rings is 3. The summed E-state index contributed by atoms with van der Waals surface area (Å²) in [6, 6.07) is 15.8. The third-order valence-electron chi connectivity index (χ3n) is 7.09. The fourth-order valence-corrected chi connectivity index (χ4v) is 5.69. The number of nitrogens with zero attached hydrogens (tertiary/aromatic N) is 1. The topological polar surface area (TPSA) is 98.7 Å². The Balaban J connectivity index is 1.73. The molecule has 2 unspecified atom stereocenters. The highest BCUT2D eigenvalue weighted by Crippen LogP contribution is 2.18. The van der Waals surface area contributed by atoms with Crippen molar-refractivity contribution in [3.63, 3.8) is 0 Å². The molecule has 0 aliphatic carbocycles. The van der Waals surface area contributed by atoms with Crippen molar-refractivity contribution in [2.24, 2.45) is 5.92 Å². The van der Waals surface area contributed by atoms with Crippen LogP contribution >= 0.6 is 0 Å². The Hall–Kier alpha value is -3.18. The predicted octanol–water partition coefficient (Wildman–Crippen LogP) is 4.69. The highest BCUT2D eigenvalue weighted by atomic mass is 32.2. The first-order chi connectivity index (χ1) is 19.9. The number of nitrogens with one attached hydrogen (secondary N) is 2. The van der Waals surface area contributed by atoms with Crippen molar-refractivity contribution >= 4 is 15.9 Å². The molecule has 0 radical (unpaired) electrons. The van der Waals surface area contributed by atoms with E-state index in [0.717, 1.165) is 36.6 Å². The molecule has 0 fully saturated rings. The first kappa shape index (κ1) is 33.3. The molecule has 228 valence electrons. The minimum absolute atomic E-state index is 0.0261. The lowest BCUT2D eigenvalue weighted by Gasteiger charge is -2.25. The molecular weight excluding hydrogens is 560 g/mol. The van der Waals surface area contributed by atoms with E-state index in [1.54, 1.807) is 0 Å². The molecule has 0 aliphatic heterocycles. The third-order valence-corrected chi connectivity index (χ3v) is 8.96. The molecule has 3 aromatic carbocycles. The summed E-state index contributed by atoms with van der Waals surface area (Å²) < 4.78 is 54.9. The molecular formula is C32H41F2N3O4S. The second kappa shape index (κ2) is 15.3. The highest BCUT2D eigenvalue weighted by molar-refractivity contribution is 7.89. The Kier molecular flexibility index (Phi) is 12.2. The summed E-state index contributed by atoms with van der Waals surface area (Å²) >= 11 is 0. The van der Waals surface area contributed by atoms with Crippen molar-refractivity contribution < 1.29 is 27.1 Å². The van der Waals surface area contributed by atoms with Crippen molar-refractivity contribution in [3.05, 3.63) is 101 Å². The van der Waals surface area contributed by atoms with Crippen LogP contribution in [0.1, 0.15) is 54.2 Å². The van der Waals surface area contributed by atoms with Crippen LogP contribution in [0.25, 0.3) is 0 Å². The van der Waals surface area contributed by atoms with E-state index in [-0.39, 0.29) is 29.0 Å². The van der Waals surface area contributed by atoms with Gasteiger partial charge in [0.25, 0.3) is 5.91 Å². The number of aliphatic hydroxyl groups is 1. The second-order valence-corrected chi connectivity index (χ2v) is 13.0. The first-order valence-electron chi connectivity index (χ1n) is 14.2. The van der Waals surface area contributed by atoms with Crippen LogP contribution in [0.3, 0.4) is 0 Å². The number of sulfonamides is 1. The SMILES string of the molecule is CCc1cccc(CNCC(O)C(Cc2cc(F)cc(F)c2)NC(=O)c2ccc(S(=O)(=O)N(C)CCC(C)C)cc2)c1. The van der Waals surface area contributed by atoms with Crippen molar-refractivity contribution in [1.29, 1.82) is 0 Å². The molecule has 0 bridgehead atoms. The molecule has 42 heavy (non-hydrogen) atoms. The predicted molar refractivity (Wildman–Crippen MR) is 161 cm³/mol. The van der Waals surface area contributed by atoms with Crippen LogP contribution in [0, 0.1) is 17.6 Å². The van der Waals surface area contributed by atoms with Gasteiger partial charge in [-0.3, -0.25) is 4.79 Å². The monoisotopic (exact) mass is 601 g/mol. The summed E-state index contributed by atoms with van der Waals surface area (Å²) in [7, 11) is -2.20.